The van der Waals surface area contributed by atoms with Crippen LogP contribution in [0.25, 0.3) is 10.9 Å². The van der Waals surface area contributed by atoms with Gasteiger partial charge in [-0.2, -0.15) is 9.78 Å². The zero-order valence-corrected chi connectivity index (χ0v) is 18.8. The Bertz CT molecular complexity index is 1290. The number of carbonyl (C=O) groups is 1. The van der Waals surface area contributed by atoms with Gasteiger partial charge in [0.05, 0.1) is 22.0 Å². The summed E-state index contributed by atoms with van der Waals surface area (Å²) in [6.45, 7) is 3.09. The molecule has 10 nitrogen and oxygen atoms in total. The highest BCUT2D eigenvalue weighted by Gasteiger charge is 2.20. The minimum Gasteiger partial charge on any atom is -0.479 e. The number of rotatable bonds is 8. The molecule has 0 saturated carbocycles. The maximum absolute atomic E-state index is 13.2. The average Bonchev–Trinajstić information content (AvgIpc) is 2.76. The lowest BCUT2D eigenvalue weighted by molar-refractivity contribution is -0.385. The lowest BCUT2D eigenvalue weighted by atomic mass is 10.1. The van der Waals surface area contributed by atoms with Crippen molar-refractivity contribution in [3.8, 4) is 5.75 Å². The van der Waals surface area contributed by atoms with Crippen LogP contribution in [0.2, 0.25) is 0 Å². The van der Waals surface area contributed by atoms with Crippen LogP contribution in [0.4, 0.5) is 5.69 Å². The summed E-state index contributed by atoms with van der Waals surface area (Å²) >= 11 is 3.35. The quantitative estimate of drug-likeness (QED) is 0.279. The summed E-state index contributed by atoms with van der Waals surface area (Å²) in [4.78, 5) is 39.4. The number of para-hydroxylation sites is 1. The monoisotopic (exact) mass is 502 g/mol. The number of aliphatic carboxylic acids is 1. The Balaban J connectivity index is 2.19. The maximum Gasteiger partial charge on any atom is 0.341 e. The molecule has 3 rings (SSSR count). The Hall–Kier alpha value is -3.60. The van der Waals surface area contributed by atoms with E-state index in [1.54, 1.807) is 18.2 Å². The van der Waals surface area contributed by atoms with Crippen molar-refractivity contribution in [2.24, 2.45) is 5.10 Å². The molecule has 1 atom stereocenters. The molecule has 0 fully saturated rings. The van der Waals surface area contributed by atoms with Crippen LogP contribution in [0.5, 0.6) is 5.75 Å². The van der Waals surface area contributed by atoms with E-state index in [2.05, 4.69) is 26.0 Å². The first kappa shape index (κ1) is 23.1. The second-order valence-electron chi connectivity index (χ2n) is 6.94. The standard InChI is InChI=1S/C21H19BrN4O6/c1-3-12(2)20-24-16-8-7-14(22)9-15(16)21(29)25(20)23-10-13-5-4-6-17(26(30)31)19(13)32-11-18(27)28/h4-10,12H,3,11H2,1-2H3,(H,27,28)/t12-/m1/s1. The van der Waals surface area contributed by atoms with Gasteiger partial charge in [0.25, 0.3) is 5.56 Å². The highest BCUT2D eigenvalue weighted by atomic mass is 79.9. The minimum absolute atomic E-state index is 0.0965. The van der Waals surface area contributed by atoms with Gasteiger partial charge in [0.1, 0.15) is 5.82 Å². The first-order chi connectivity index (χ1) is 15.2. The number of carboxylic acids is 1. The number of fused-ring (bicyclic) bond motifs is 1. The van der Waals surface area contributed by atoms with Gasteiger partial charge in [-0.1, -0.05) is 35.8 Å². The number of nitrogens with zero attached hydrogens (tertiary/aromatic N) is 4. The molecular formula is C21H19BrN4O6. The van der Waals surface area contributed by atoms with E-state index in [9.17, 15) is 19.7 Å². The van der Waals surface area contributed by atoms with Gasteiger partial charge in [0.2, 0.25) is 5.75 Å². The highest BCUT2D eigenvalue weighted by Crippen LogP contribution is 2.30. The largest absolute Gasteiger partial charge is 0.479 e. The number of halogens is 1. The SMILES string of the molecule is CC[C@@H](C)c1nc2ccc(Br)cc2c(=O)n1N=Cc1cccc([N+](=O)[O-])c1OCC(=O)O. The third kappa shape index (κ3) is 4.83. The van der Waals surface area contributed by atoms with Crippen LogP contribution in [0.15, 0.2) is 50.8 Å². The molecule has 3 aromatic rings. The van der Waals surface area contributed by atoms with Crippen molar-refractivity contribution < 1.29 is 19.6 Å². The summed E-state index contributed by atoms with van der Waals surface area (Å²) in [6.07, 6.45) is 1.93. The summed E-state index contributed by atoms with van der Waals surface area (Å²) in [5.41, 5.74) is -0.135. The number of aromatic nitrogens is 2. The Morgan fingerprint density at radius 3 is 2.81 bits per heavy atom. The Morgan fingerprint density at radius 2 is 2.16 bits per heavy atom. The first-order valence-corrected chi connectivity index (χ1v) is 10.4. The third-order valence-corrected chi connectivity index (χ3v) is 5.25. The topological polar surface area (TPSA) is 137 Å². The number of nitro groups is 1. The number of ether oxygens (including phenoxy) is 1. The summed E-state index contributed by atoms with van der Waals surface area (Å²) in [5, 5.41) is 24.9. The number of nitro benzene ring substituents is 1. The predicted octanol–water partition coefficient (Wildman–Crippen LogP) is 3.93. The molecule has 0 aliphatic rings. The lowest BCUT2D eigenvalue weighted by Gasteiger charge is -2.14. The van der Waals surface area contributed by atoms with E-state index < -0.39 is 28.7 Å². The zero-order valence-electron chi connectivity index (χ0n) is 17.2. The van der Waals surface area contributed by atoms with E-state index in [0.29, 0.717) is 27.6 Å². The van der Waals surface area contributed by atoms with Crippen LogP contribution in [0.1, 0.15) is 37.6 Å². The first-order valence-electron chi connectivity index (χ1n) is 9.61. The number of benzene rings is 2. The van der Waals surface area contributed by atoms with Gasteiger partial charge < -0.3 is 9.84 Å². The van der Waals surface area contributed by atoms with E-state index >= 15 is 0 Å². The van der Waals surface area contributed by atoms with Gasteiger partial charge >= 0.3 is 11.7 Å². The molecule has 0 aliphatic heterocycles. The summed E-state index contributed by atoms with van der Waals surface area (Å²) < 4.78 is 7.02. The molecule has 11 heteroatoms. The Morgan fingerprint density at radius 1 is 1.41 bits per heavy atom. The fraction of sp³-hybridized carbons (Fsp3) is 0.238. The molecule has 1 aromatic heterocycles. The molecule has 0 bridgehead atoms. The third-order valence-electron chi connectivity index (χ3n) is 4.76. The molecule has 32 heavy (non-hydrogen) atoms. The van der Waals surface area contributed by atoms with Crippen LogP contribution in [0.3, 0.4) is 0 Å². The fourth-order valence-electron chi connectivity index (χ4n) is 2.98. The summed E-state index contributed by atoms with van der Waals surface area (Å²) in [7, 11) is 0. The Labute approximate surface area is 190 Å². The van der Waals surface area contributed by atoms with Crippen molar-refractivity contribution in [3.63, 3.8) is 0 Å². The van der Waals surface area contributed by atoms with Crippen molar-refractivity contribution in [2.75, 3.05) is 6.61 Å². The summed E-state index contributed by atoms with van der Waals surface area (Å²) in [5.74, 6) is -1.20. The molecule has 2 aromatic carbocycles. The number of hydrogen-bond donors (Lipinski definition) is 1. The average molecular weight is 503 g/mol. The second kappa shape index (κ2) is 9.69. The predicted molar refractivity (Wildman–Crippen MR) is 122 cm³/mol. The van der Waals surface area contributed by atoms with E-state index in [1.807, 2.05) is 13.8 Å². The Kier molecular flexibility index (Phi) is 6.98. The molecule has 0 amide bonds. The van der Waals surface area contributed by atoms with Crippen molar-refractivity contribution in [1.29, 1.82) is 0 Å². The van der Waals surface area contributed by atoms with Gasteiger partial charge in [0, 0.05) is 22.0 Å². The highest BCUT2D eigenvalue weighted by molar-refractivity contribution is 9.10. The second-order valence-corrected chi connectivity index (χ2v) is 7.85. The molecule has 1 N–H and O–H groups in total. The molecule has 1 heterocycles. The number of carboxylic acid groups (broad SMARTS) is 1. The van der Waals surface area contributed by atoms with Gasteiger partial charge in [-0.05, 0) is 30.7 Å². The van der Waals surface area contributed by atoms with Gasteiger partial charge in [-0.25, -0.2) is 9.78 Å². The minimum atomic E-state index is -1.29. The molecule has 0 saturated heterocycles. The molecule has 0 radical (unpaired) electrons. The molecule has 166 valence electrons. The number of hydrogen-bond acceptors (Lipinski definition) is 7. The van der Waals surface area contributed by atoms with E-state index in [0.717, 1.165) is 4.68 Å². The van der Waals surface area contributed by atoms with Crippen LogP contribution < -0.4 is 10.3 Å². The molecule has 0 spiro atoms. The van der Waals surface area contributed by atoms with Crippen molar-refractivity contribution in [1.82, 2.24) is 9.66 Å². The molecular weight excluding hydrogens is 484 g/mol. The smallest absolute Gasteiger partial charge is 0.341 e. The zero-order chi connectivity index (χ0) is 23.4. The summed E-state index contributed by atoms with van der Waals surface area (Å²) in [6, 6.07) is 9.26. The van der Waals surface area contributed by atoms with Crippen LogP contribution in [-0.2, 0) is 4.79 Å². The molecule has 0 aliphatic carbocycles. The lowest BCUT2D eigenvalue weighted by Crippen LogP contribution is -2.23. The van der Waals surface area contributed by atoms with Gasteiger partial charge in [-0.3, -0.25) is 14.9 Å². The normalized spacial score (nSPS) is 12.2. The van der Waals surface area contributed by atoms with Crippen LogP contribution in [0, 0.1) is 10.1 Å². The van der Waals surface area contributed by atoms with Crippen LogP contribution in [-0.4, -0.2) is 38.5 Å². The van der Waals surface area contributed by atoms with E-state index in [4.69, 9.17) is 9.84 Å². The van der Waals surface area contributed by atoms with Gasteiger partial charge in [0.15, 0.2) is 6.61 Å². The van der Waals surface area contributed by atoms with Crippen molar-refractivity contribution in [2.45, 2.75) is 26.2 Å². The van der Waals surface area contributed by atoms with Crippen molar-refractivity contribution >= 4 is 44.7 Å². The van der Waals surface area contributed by atoms with Gasteiger partial charge in [-0.15, -0.1) is 0 Å². The molecule has 0 unspecified atom stereocenters. The van der Waals surface area contributed by atoms with Crippen LogP contribution >= 0.6 is 15.9 Å². The van der Waals surface area contributed by atoms with E-state index in [-0.39, 0.29) is 17.2 Å². The maximum atomic E-state index is 13.2. The fourth-order valence-corrected chi connectivity index (χ4v) is 3.34. The van der Waals surface area contributed by atoms with Crippen molar-refractivity contribution in [3.05, 3.63) is 72.7 Å². The van der Waals surface area contributed by atoms with E-state index in [1.165, 1.54) is 24.4 Å².